The molecule has 2 aliphatic rings. The van der Waals surface area contributed by atoms with Gasteiger partial charge in [0.1, 0.15) is 0 Å². The molecule has 1 unspecified atom stereocenters. The average Bonchev–Trinajstić information content (AvgIpc) is 3.25. The van der Waals surface area contributed by atoms with E-state index in [-0.39, 0.29) is 18.4 Å². The van der Waals surface area contributed by atoms with Gasteiger partial charge in [0.2, 0.25) is 5.89 Å². The minimum Gasteiger partial charge on any atom is -0.348 e. The minimum atomic E-state index is 0. The van der Waals surface area contributed by atoms with Gasteiger partial charge in [0, 0.05) is 44.0 Å². The van der Waals surface area contributed by atoms with Crippen molar-refractivity contribution in [3.8, 4) is 0 Å². The smallest absolute Gasteiger partial charge is 0.229 e. The predicted molar refractivity (Wildman–Crippen MR) is 101 cm³/mol. The number of aryl methyl sites for hydroxylation is 1. The van der Waals surface area contributed by atoms with Crippen LogP contribution in [0.25, 0.3) is 0 Å². The molecule has 0 amide bonds. The number of likely N-dealkylation sites (N-methyl/N-ethyl adjacent to an activating group) is 1. The summed E-state index contributed by atoms with van der Waals surface area (Å²) in [6.45, 7) is 6.97. The molecule has 9 heteroatoms. The highest BCUT2D eigenvalue weighted by molar-refractivity contribution is 7.13. The van der Waals surface area contributed by atoms with Gasteiger partial charge < -0.3 is 14.7 Å². The third-order valence-corrected chi connectivity index (χ3v) is 6.01. The molecule has 1 atom stereocenters. The SMILES string of the molecule is Cc1csc(N2CCC(c3nc(C4CNCCN4C)no3)CC2)n1.Cl. The van der Waals surface area contributed by atoms with Crippen molar-refractivity contribution >= 4 is 28.9 Å². The molecule has 2 aliphatic heterocycles. The number of thiazole rings is 1. The number of hydrogen-bond acceptors (Lipinski definition) is 8. The van der Waals surface area contributed by atoms with E-state index in [1.54, 1.807) is 11.3 Å². The Bertz CT molecular complexity index is 684. The second-order valence-electron chi connectivity index (χ2n) is 6.72. The Kier molecular flexibility index (Phi) is 5.93. The lowest BCUT2D eigenvalue weighted by Gasteiger charge is -2.31. The quantitative estimate of drug-likeness (QED) is 0.869. The molecule has 2 saturated heterocycles. The summed E-state index contributed by atoms with van der Waals surface area (Å²) in [7, 11) is 2.12. The summed E-state index contributed by atoms with van der Waals surface area (Å²) >= 11 is 1.73. The molecule has 25 heavy (non-hydrogen) atoms. The molecule has 7 nitrogen and oxygen atoms in total. The maximum Gasteiger partial charge on any atom is 0.229 e. The Morgan fingerprint density at radius 3 is 2.72 bits per heavy atom. The zero-order valence-electron chi connectivity index (χ0n) is 14.6. The number of aromatic nitrogens is 3. The summed E-state index contributed by atoms with van der Waals surface area (Å²) in [5.74, 6) is 1.99. The van der Waals surface area contributed by atoms with E-state index >= 15 is 0 Å². The maximum atomic E-state index is 5.60. The van der Waals surface area contributed by atoms with Crippen LogP contribution in [0.3, 0.4) is 0 Å². The van der Waals surface area contributed by atoms with E-state index in [0.717, 1.165) is 68.1 Å². The highest BCUT2D eigenvalue weighted by Gasteiger charge is 2.29. The number of nitrogens with zero attached hydrogens (tertiary/aromatic N) is 5. The van der Waals surface area contributed by atoms with Crippen molar-refractivity contribution in [3.05, 3.63) is 22.8 Å². The molecule has 0 aromatic carbocycles. The first kappa shape index (κ1) is 18.6. The van der Waals surface area contributed by atoms with E-state index < -0.39 is 0 Å². The first-order valence-corrected chi connectivity index (χ1v) is 9.50. The molecule has 0 radical (unpaired) electrons. The maximum absolute atomic E-state index is 5.60. The Labute approximate surface area is 158 Å². The van der Waals surface area contributed by atoms with Crippen molar-refractivity contribution in [3.63, 3.8) is 0 Å². The van der Waals surface area contributed by atoms with Gasteiger partial charge in [-0.15, -0.1) is 23.7 Å². The van der Waals surface area contributed by atoms with Crippen LogP contribution in [0.1, 0.15) is 42.2 Å². The molecule has 1 N–H and O–H groups in total. The Morgan fingerprint density at radius 2 is 2.04 bits per heavy atom. The van der Waals surface area contributed by atoms with Gasteiger partial charge in [0.25, 0.3) is 0 Å². The number of nitrogens with one attached hydrogen (secondary N) is 1. The number of anilines is 1. The van der Waals surface area contributed by atoms with E-state index in [2.05, 4.69) is 37.7 Å². The molecule has 0 bridgehead atoms. The van der Waals surface area contributed by atoms with Gasteiger partial charge in [-0.05, 0) is 26.8 Å². The molecular weight excluding hydrogens is 360 g/mol. The summed E-state index contributed by atoms with van der Waals surface area (Å²) in [5, 5.41) is 10.9. The summed E-state index contributed by atoms with van der Waals surface area (Å²) in [6.07, 6.45) is 2.08. The molecule has 138 valence electrons. The van der Waals surface area contributed by atoms with E-state index in [1.807, 2.05) is 6.92 Å². The van der Waals surface area contributed by atoms with E-state index in [0.29, 0.717) is 5.92 Å². The first-order valence-electron chi connectivity index (χ1n) is 8.62. The zero-order valence-corrected chi connectivity index (χ0v) is 16.3. The third kappa shape index (κ3) is 3.97. The fourth-order valence-electron chi connectivity index (χ4n) is 3.45. The summed E-state index contributed by atoms with van der Waals surface area (Å²) in [5.41, 5.74) is 1.10. The van der Waals surface area contributed by atoms with Crippen molar-refractivity contribution in [1.29, 1.82) is 0 Å². The summed E-state index contributed by atoms with van der Waals surface area (Å²) in [6, 6.07) is 0.217. The lowest BCUT2D eigenvalue weighted by atomic mass is 9.97. The molecule has 4 rings (SSSR count). The minimum absolute atomic E-state index is 0. The molecule has 0 saturated carbocycles. The number of hydrogen-bond donors (Lipinski definition) is 1. The lowest BCUT2D eigenvalue weighted by molar-refractivity contribution is 0.190. The molecule has 2 aromatic rings. The van der Waals surface area contributed by atoms with Crippen LogP contribution in [0.2, 0.25) is 0 Å². The first-order chi connectivity index (χ1) is 11.7. The molecule has 4 heterocycles. The van der Waals surface area contributed by atoms with E-state index in [9.17, 15) is 0 Å². The normalized spacial score (nSPS) is 22.8. The molecule has 2 aromatic heterocycles. The molecule has 2 fully saturated rings. The largest absolute Gasteiger partial charge is 0.348 e. The van der Waals surface area contributed by atoms with Crippen LogP contribution >= 0.6 is 23.7 Å². The second-order valence-corrected chi connectivity index (χ2v) is 7.56. The lowest BCUT2D eigenvalue weighted by Crippen LogP contribution is -2.44. The van der Waals surface area contributed by atoms with Gasteiger partial charge in [-0.3, -0.25) is 4.90 Å². The topological polar surface area (TPSA) is 70.3 Å². The van der Waals surface area contributed by atoms with Gasteiger partial charge in [-0.25, -0.2) is 4.98 Å². The van der Waals surface area contributed by atoms with Crippen LogP contribution in [0.5, 0.6) is 0 Å². The number of halogens is 1. The van der Waals surface area contributed by atoms with Crippen molar-refractivity contribution in [1.82, 2.24) is 25.3 Å². The van der Waals surface area contributed by atoms with Gasteiger partial charge in [0.15, 0.2) is 11.0 Å². The van der Waals surface area contributed by atoms with Crippen molar-refractivity contribution in [2.45, 2.75) is 31.7 Å². The van der Waals surface area contributed by atoms with Crippen LogP contribution in [-0.4, -0.2) is 59.8 Å². The van der Waals surface area contributed by atoms with Crippen LogP contribution in [0.4, 0.5) is 5.13 Å². The number of piperazine rings is 1. The van der Waals surface area contributed by atoms with Crippen LogP contribution in [0, 0.1) is 6.92 Å². The monoisotopic (exact) mass is 384 g/mol. The second kappa shape index (κ2) is 7.99. The highest BCUT2D eigenvalue weighted by atomic mass is 35.5. The highest BCUT2D eigenvalue weighted by Crippen LogP contribution is 2.31. The average molecular weight is 385 g/mol. The van der Waals surface area contributed by atoms with Crippen molar-refractivity contribution in [2.24, 2.45) is 0 Å². The molecular formula is C16H25ClN6OS. The van der Waals surface area contributed by atoms with Gasteiger partial charge in [0.05, 0.1) is 11.7 Å². The third-order valence-electron chi connectivity index (χ3n) is 4.99. The van der Waals surface area contributed by atoms with Crippen molar-refractivity contribution < 1.29 is 4.52 Å². The van der Waals surface area contributed by atoms with E-state index in [4.69, 9.17) is 9.51 Å². The Hall–Kier alpha value is -1.22. The summed E-state index contributed by atoms with van der Waals surface area (Å²) < 4.78 is 5.60. The van der Waals surface area contributed by atoms with E-state index in [1.165, 1.54) is 0 Å². The zero-order chi connectivity index (χ0) is 16.5. The standard InChI is InChI=1S/C16H24N6OS.ClH/c1-11-10-24-16(18-11)22-6-3-12(4-7-22)15-19-14(20-23-15)13-9-17-5-8-21(13)2;/h10,12-13,17H,3-9H2,1-2H3;1H. The Balaban J connectivity index is 0.00000182. The van der Waals surface area contributed by atoms with Gasteiger partial charge in [-0.2, -0.15) is 4.98 Å². The van der Waals surface area contributed by atoms with Crippen LogP contribution < -0.4 is 10.2 Å². The van der Waals surface area contributed by atoms with Gasteiger partial charge in [-0.1, -0.05) is 5.16 Å². The van der Waals surface area contributed by atoms with Gasteiger partial charge >= 0.3 is 0 Å². The van der Waals surface area contributed by atoms with Crippen molar-refractivity contribution in [2.75, 3.05) is 44.7 Å². The number of piperidine rings is 1. The Morgan fingerprint density at radius 1 is 1.24 bits per heavy atom. The van der Waals surface area contributed by atoms with Crippen LogP contribution in [-0.2, 0) is 0 Å². The fourth-order valence-corrected chi connectivity index (χ4v) is 4.30. The van der Waals surface area contributed by atoms with Crippen LogP contribution in [0.15, 0.2) is 9.90 Å². The fraction of sp³-hybridized carbons (Fsp3) is 0.688. The molecule has 0 aliphatic carbocycles. The predicted octanol–water partition coefficient (Wildman–Crippen LogP) is 2.22. The molecule has 0 spiro atoms. The number of rotatable bonds is 3. The summed E-state index contributed by atoms with van der Waals surface area (Å²) in [4.78, 5) is 14.0.